The summed E-state index contributed by atoms with van der Waals surface area (Å²) in [5, 5.41) is 3.93. The summed E-state index contributed by atoms with van der Waals surface area (Å²) in [6.45, 7) is 5.33. The van der Waals surface area contributed by atoms with Crippen LogP contribution in [0.15, 0.2) is 48.5 Å². The number of carbonyl (C=O) groups excluding carboxylic acids is 2. The number of nitrogens with zero attached hydrogens (tertiary/aromatic N) is 2. The van der Waals surface area contributed by atoms with E-state index < -0.39 is 28.5 Å². The van der Waals surface area contributed by atoms with Crippen molar-refractivity contribution in [1.29, 1.82) is 0 Å². The highest BCUT2D eigenvalue weighted by Crippen LogP contribution is 2.22. The monoisotopic (exact) mass is 527 g/mol. The molecule has 186 valence electrons. The smallest absolute Gasteiger partial charge is 0.244 e. The lowest BCUT2D eigenvalue weighted by Crippen LogP contribution is -2.53. The Kier molecular flexibility index (Phi) is 10.2. The van der Waals surface area contributed by atoms with Gasteiger partial charge in [0.05, 0.1) is 11.9 Å². The largest absolute Gasteiger partial charge is 0.352 e. The van der Waals surface area contributed by atoms with Crippen LogP contribution >= 0.6 is 23.2 Å². The highest BCUT2D eigenvalue weighted by Gasteiger charge is 2.32. The van der Waals surface area contributed by atoms with Gasteiger partial charge in [-0.3, -0.25) is 13.9 Å². The fourth-order valence-electron chi connectivity index (χ4n) is 3.37. The van der Waals surface area contributed by atoms with E-state index >= 15 is 0 Å². The van der Waals surface area contributed by atoms with E-state index in [0.717, 1.165) is 22.5 Å². The molecule has 2 aromatic carbocycles. The molecule has 0 aliphatic carbocycles. The predicted molar refractivity (Wildman–Crippen MR) is 138 cm³/mol. The zero-order valence-corrected chi connectivity index (χ0v) is 22.1. The number of nitrogens with one attached hydrogen (secondary N) is 1. The molecule has 0 radical (unpaired) electrons. The molecule has 0 bridgehead atoms. The second-order valence-electron chi connectivity index (χ2n) is 8.14. The minimum absolute atomic E-state index is 0.0596. The molecule has 0 saturated heterocycles. The van der Waals surface area contributed by atoms with Crippen LogP contribution in [0.1, 0.15) is 39.2 Å². The molecule has 2 atom stereocenters. The molecule has 0 heterocycles. The zero-order chi connectivity index (χ0) is 25.5. The Labute approximate surface area is 212 Å². The van der Waals surface area contributed by atoms with Gasteiger partial charge in [-0.05, 0) is 61.7 Å². The van der Waals surface area contributed by atoms with Crippen molar-refractivity contribution in [3.8, 4) is 0 Å². The number of rotatable bonds is 11. The lowest BCUT2D eigenvalue weighted by Gasteiger charge is -2.33. The average Bonchev–Trinajstić information content (AvgIpc) is 2.78. The average molecular weight is 529 g/mol. The fraction of sp³-hybridized carbons (Fsp3) is 0.417. The molecule has 2 rings (SSSR count). The Bertz CT molecular complexity index is 1080. The fourth-order valence-corrected chi connectivity index (χ4v) is 4.47. The zero-order valence-electron chi connectivity index (χ0n) is 19.8. The topological polar surface area (TPSA) is 86.8 Å². The Morgan fingerprint density at radius 3 is 1.94 bits per heavy atom. The summed E-state index contributed by atoms with van der Waals surface area (Å²) >= 11 is 11.9. The van der Waals surface area contributed by atoms with Crippen LogP contribution in [-0.2, 0) is 26.2 Å². The predicted octanol–water partition coefficient (Wildman–Crippen LogP) is 4.48. The van der Waals surface area contributed by atoms with Gasteiger partial charge in [-0.2, -0.15) is 0 Å². The van der Waals surface area contributed by atoms with Gasteiger partial charge in [0.2, 0.25) is 21.8 Å². The maximum atomic E-state index is 13.6. The van der Waals surface area contributed by atoms with Gasteiger partial charge in [0.1, 0.15) is 12.6 Å². The Hall–Kier alpha value is -2.29. The van der Waals surface area contributed by atoms with Gasteiger partial charge in [0.15, 0.2) is 0 Å². The molecule has 7 nitrogen and oxygen atoms in total. The first-order valence-electron chi connectivity index (χ1n) is 11.0. The molecule has 1 N–H and O–H groups in total. The minimum Gasteiger partial charge on any atom is -0.352 e. The molecule has 0 aliphatic rings. The number of sulfonamides is 1. The van der Waals surface area contributed by atoms with Crippen molar-refractivity contribution in [2.24, 2.45) is 0 Å². The third-order valence-electron chi connectivity index (χ3n) is 5.45. The Balaban J connectivity index is 2.41. The molecular formula is C24H31Cl2N3O4S. The van der Waals surface area contributed by atoms with E-state index in [1.165, 1.54) is 17.0 Å². The van der Waals surface area contributed by atoms with Gasteiger partial charge in [0, 0.05) is 22.6 Å². The molecule has 34 heavy (non-hydrogen) atoms. The summed E-state index contributed by atoms with van der Waals surface area (Å²) in [5.74, 6) is -0.780. The molecule has 0 unspecified atom stereocenters. The molecule has 10 heteroatoms. The van der Waals surface area contributed by atoms with Crippen molar-refractivity contribution in [3.63, 3.8) is 0 Å². The molecule has 2 amide bonds. The lowest BCUT2D eigenvalue weighted by atomic mass is 10.1. The summed E-state index contributed by atoms with van der Waals surface area (Å²) in [6, 6.07) is 12.3. The van der Waals surface area contributed by atoms with Crippen LogP contribution in [0.2, 0.25) is 10.0 Å². The van der Waals surface area contributed by atoms with Crippen LogP contribution in [0, 0.1) is 0 Å². The second-order valence-corrected chi connectivity index (χ2v) is 10.9. The van der Waals surface area contributed by atoms with Crippen molar-refractivity contribution in [3.05, 3.63) is 64.1 Å². The SMILES string of the molecule is CC[C@@H](C)NC(=O)[C@@H](CC)N(Cc1ccc(Cl)cc1)C(=O)CN(c1ccc(Cl)cc1)S(C)(=O)=O. The summed E-state index contributed by atoms with van der Waals surface area (Å²) in [6.07, 6.45) is 2.14. The quantitative estimate of drug-likeness (QED) is 0.466. The first-order chi connectivity index (χ1) is 16.0. The van der Waals surface area contributed by atoms with Gasteiger partial charge in [-0.1, -0.05) is 49.2 Å². The van der Waals surface area contributed by atoms with E-state index in [1.54, 1.807) is 36.4 Å². The number of benzene rings is 2. The molecule has 0 fully saturated rings. The van der Waals surface area contributed by atoms with E-state index in [1.807, 2.05) is 20.8 Å². The van der Waals surface area contributed by atoms with Crippen LogP contribution in [0.4, 0.5) is 5.69 Å². The normalized spacial score (nSPS) is 13.1. The highest BCUT2D eigenvalue weighted by atomic mass is 35.5. The van der Waals surface area contributed by atoms with E-state index in [0.29, 0.717) is 22.2 Å². The third-order valence-corrected chi connectivity index (χ3v) is 7.09. The number of amides is 2. The van der Waals surface area contributed by atoms with Crippen molar-refractivity contribution in [1.82, 2.24) is 10.2 Å². The van der Waals surface area contributed by atoms with Crippen LogP contribution in [-0.4, -0.2) is 50.0 Å². The maximum Gasteiger partial charge on any atom is 0.244 e. The second kappa shape index (κ2) is 12.4. The number of hydrogen-bond donors (Lipinski definition) is 1. The number of carbonyl (C=O) groups is 2. The van der Waals surface area contributed by atoms with Crippen molar-refractivity contribution in [2.45, 2.75) is 52.2 Å². The summed E-state index contributed by atoms with van der Waals surface area (Å²) in [7, 11) is -3.79. The third kappa shape index (κ3) is 7.89. The van der Waals surface area contributed by atoms with Gasteiger partial charge in [-0.15, -0.1) is 0 Å². The first-order valence-corrected chi connectivity index (χ1v) is 13.6. The summed E-state index contributed by atoms with van der Waals surface area (Å²) < 4.78 is 26.1. The Morgan fingerprint density at radius 1 is 0.941 bits per heavy atom. The summed E-state index contributed by atoms with van der Waals surface area (Å²) in [5.41, 5.74) is 1.08. The number of hydrogen-bond acceptors (Lipinski definition) is 4. The standard InChI is InChI=1S/C24H31Cl2N3O4S/c1-5-17(3)27-24(31)22(6-2)28(15-18-7-9-19(25)10-8-18)23(30)16-29(34(4,32)33)21-13-11-20(26)12-14-21/h7-14,17,22H,5-6,15-16H2,1-4H3,(H,27,31)/t17-,22-/m1/s1. The van der Waals surface area contributed by atoms with Crippen molar-refractivity contribution < 1.29 is 18.0 Å². The van der Waals surface area contributed by atoms with E-state index in [4.69, 9.17) is 23.2 Å². The van der Waals surface area contributed by atoms with Crippen LogP contribution in [0.3, 0.4) is 0 Å². The summed E-state index contributed by atoms with van der Waals surface area (Å²) in [4.78, 5) is 28.0. The molecular weight excluding hydrogens is 497 g/mol. The first kappa shape index (κ1) is 28.0. The van der Waals surface area contributed by atoms with Crippen LogP contribution in [0.5, 0.6) is 0 Å². The van der Waals surface area contributed by atoms with E-state index in [2.05, 4.69) is 5.32 Å². The van der Waals surface area contributed by atoms with E-state index in [9.17, 15) is 18.0 Å². The van der Waals surface area contributed by atoms with E-state index in [-0.39, 0.29) is 18.5 Å². The Morgan fingerprint density at radius 2 is 1.47 bits per heavy atom. The van der Waals surface area contributed by atoms with Crippen LogP contribution in [0.25, 0.3) is 0 Å². The number of halogens is 2. The van der Waals surface area contributed by atoms with Gasteiger partial charge >= 0.3 is 0 Å². The van der Waals surface area contributed by atoms with Crippen molar-refractivity contribution >= 4 is 50.7 Å². The highest BCUT2D eigenvalue weighted by molar-refractivity contribution is 7.92. The van der Waals surface area contributed by atoms with Gasteiger partial charge in [0.25, 0.3) is 0 Å². The molecule has 0 aliphatic heterocycles. The molecule has 2 aromatic rings. The minimum atomic E-state index is -3.79. The molecule has 0 spiro atoms. The number of anilines is 1. The van der Waals surface area contributed by atoms with Crippen molar-refractivity contribution in [2.75, 3.05) is 17.1 Å². The molecule has 0 saturated carbocycles. The molecule has 0 aromatic heterocycles. The van der Waals surface area contributed by atoms with Gasteiger partial charge in [-0.25, -0.2) is 8.42 Å². The maximum absolute atomic E-state index is 13.6. The lowest BCUT2D eigenvalue weighted by molar-refractivity contribution is -0.140. The van der Waals surface area contributed by atoms with Gasteiger partial charge < -0.3 is 10.2 Å². The van der Waals surface area contributed by atoms with Crippen LogP contribution < -0.4 is 9.62 Å².